The summed E-state index contributed by atoms with van der Waals surface area (Å²) in [4.78, 5) is 26.0. The lowest BCUT2D eigenvalue weighted by molar-refractivity contribution is -0.119. The van der Waals surface area contributed by atoms with Crippen LogP contribution in [-0.4, -0.2) is 30.8 Å². The number of ketones is 1. The lowest BCUT2D eigenvalue weighted by Gasteiger charge is -2.23. The van der Waals surface area contributed by atoms with Gasteiger partial charge in [-0.1, -0.05) is 12.1 Å². The fourth-order valence-electron chi connectivity index (χ4n) is 2.51. The number of nitrogens with one attached hydrogen (secondary N) is 1. The highest BCUT2D eigenvalue weighted by Crippen LogP contribution is 2.26. The van der Waals surface area contributed by atoms with E-state index in [1.54, 1.807) is 0 Å². The van der Waals surface area contributed by atoms with Gasteiger partial charge in [0.1, 0.15) is 0 Å². The van der Waals surface area contributed by atoms with Crippen molar-refractivity contribution in [1.29, 1.82) is 0 Å². The van der Waals surface area contributed by atoms with Gasteiger partial charge in [0.15, 0.2) is 5.78 Å². The van der Waals surface area contributed by atoms with E-state index >= 15 is 0 Å². The minimum atomic E-state index is 0.0617. The average molecular weight is 258 g/mol. The van der Waals surface area contributed by atoms with Crippen LogP contribution < -0.4 is 10.2 Å². The van der Waals surface area contributed by atoms with E-state index in [0.29, 0.717) is 19.0 Å². The third kappa shape index (κ3) is 2.78. The number of benzene rings is 1. The van der Waals surface area contributed by atoms with Crippen molar-refractivity contribution in [3.05, 3.63) is 29.8 Å². The molecule has 4 heteroatoms. The van der Waals surface area contributed by atoms with Crippen LogP contribution in [0.2, 0.25) is 0 Å². The third-order valence-corrected chi connectivity index (χ3v) is 3.65. The SMILES string of the molecule is O=C(CN1CCCC(=O)c2ccccc21)NC1CC1. The van der Waals surface area contributed by atoms with Crippen LogP contribution in [0.15, 0.2) is 24.3 Å². The van der Waals surface area contributed by atoms with Crippen molar-refractivity contribution in [1.82, 2.24) is 5.32 Å². The predicted molar refractivity (Wildman–Crippen MR) is 73.4 cm³/mol. The molecule has 1 heterocycles. The van der Waals surface area contributed by atoms with E-state index in [1.165, 1.54) is 0 Å². The Morgan fingerprint density at radius 3 is 2.89 bits per heavy atom. The highest BCUT2D eigenvalue weighted by Gasteiger charge is 2.26. The highest BCUT2D eigenvalue weighted by molar-refractivity contribution is 6.02. The molecule has 1 fully saturated rings. The van der Waals surface area contributed by atoms with Crippen molar-refractivity contribution in [2.45, 2.75) is 31.7 Å². The Bertz CT molecular complexity index is 509. The van der Waals surface area contributed by atoms with Gasteiger partial charge in [-0.3, -0.25) is 9.59 Å². The van der Waals surface area contributed by atoms with Crippen molar-refractivity contribution < 1.29 is 9.59 Å². The minimum absolute atomic E-state index is 0.0617. The molecule has 1 amide bonds. The second kappa shape index (κ2) is 5.03. The Morgan fingerprint density at radius 2 is 2.11 bits per heavy atom. The fraction of sp³-hybridized carbons (Fsp3) is 0.467. The van der Waals surface area contributed by atoms with Crippen LogP contribution in [0, 0.1) is 0 Å². The Labute approximate surface area is 112 Å². The molecule has 1 N–H and O–H groups in total. The number of para-hydroxylation sites is 1. The van der Waals surface area contributed by atoms with Crippen LogP contribution in [0.3, 0.4) is 0 Å². The molecule has 1 aromatic rings. The first-order chi connectivity index (χ1) is 9.24. The fourth-order valence-corrected chi connectivity index (χ4v) is 2.51. The molecule has 1 aliphatic heterocycles. The zero-order chi connectivity index (χ0) is 13.2. The number of fused-ring (bicyclic) bond motifs is 1. The Hall–Kier alpha value is -1.84. The van der Waals surface area contributed by atoms with E-state index in [1.807, 2.05) is 29.2 Å². The van der Waals surface area contributed by atoms with Gasteiger partial charge >= 0.3 is 0 Å². The van der Waals surface area contributed by atoms with Crippen LogP contribution in [0.4, 0.5) is 5.69 Å². The second-order valence-corrected chi connectivity index (χ2v) is 5.31. The van der Waals surface area contributed by atoms with Crippen molar-refractivity contribution >= 4 is 17.4 Å². The number of carbonyl (C=O) groups excluding carboxylic acids is 2. The van der Waals surface area contributed by atoms with E-state index in [4.69, 9.17) is 0 Å². The maximum Gasteiger partial charge on any atom is 0.239 e. The predicted octanol–water partition coefficient (Wildman–Crippen LogP) is 1.75. The van der Waals surface area contributed by atoms with Crippen LogP contribution in [0.5, 0.6) is 0 Å². The monoisotopic (exact) mass is 258 g/mol. The number of nitrogens with zero attached hydrogens (tertiary/aromatic N) is 1. The summed E-state index contributed by atoms with van der Waals surface area (Å²) >= 11 is 0. The minimum Gasteiger partial charge on any atom is -0.362 e. The van der Waals surface area contributed by atoms with Crippen molar-refractivity contribution in [2.75, 3.05) is 18.0 Å². The molecular weight excluding hydrogens is 240 g/mol. The Kier molecular flexibility index (Phi) is 3.23. The normalized spacial score (nSPS) is 18.7. The van der Waals surface area contributed by atoms with Gasteiger partial charge in [0.2, 0.25) is 5.91 Å². The summed E-state index contributed by atoms with van der Waals surface area (Å²) in [6, 6.07) is 7.97. The number of Topliss-reactive ketones (excluding diaryl/α,β-unsaturated/α-hetero) is 1. The summed E-state index contributed by atoms with van der Waals surface area (Å²) in [5.74, 6) is 0.243. The van der Waals surface area contributed by atoms with Gasteiger partial charge in [0.25, 0.3) is 0 Å². The summed E-state index contributed by atoms with van der Waals surface area (Å²) in [5.41, 5.74) is 1.65. The molecule has 1 saturated carbocycles. The molecule has 1 aliphatic carbocycles. The van der Waals surface area contributed by atoms with E-state index in [9.17, 15) is 9.59 Å². The van der Waals surface area contributed by atoms with Crippen molar-refractivity contribution in [3.63, 3.8) is 0 Å². The second-order valence-electron chi connectivity index (χ2n) is 5.31. The first kappa shape index (κ1) is 12.2. The highest BCUT2D eigenvalue weighted by atomic mass is 16.2. The molecule has 1 aromatic carbocycles. The van der Waals surface area contributed by atoms with Crippen LogP contribution in [0.25, 0.3) is 0 Å². The molecule has 0 aromatic heterocycles. The van der Waals surface area contributed by atoms with Crippen LogP contribution >= 0.6 is 0 Å². The number of amides is 1. The number of hydrogen-bond donors (Lipinski definition) is 1. The van der Waals surface area contributed by atoms with Gasteiger partial charge in [-0.25, -0.2) is 0 Å². The quantitative estimate of drug-likeness (QED) is 0.898. The first-order valence-electron chi connectivity index (χ1n) is 6.90. The molecule has 0 atom stereocenters. The van der Waals surface area contributed by atoms with Gasteiger partial charge in [0, 0.05) is 30.3 Å². The molecule has 0 saturated heterocycles. The molecule has 0 radical (unpaired) electrons. The van der Waals surface area contributed by atoms with Crippen LogP contribution in [-0.2, 0) is 4.79 Å². The first-order valence-corrected chi connectivity index (χ1v) is 6.90. The molecule has 4 nitrogen and oxygen atoms in total. The van der Waals surface area contributed by atoms with Gasteiger partial charge < -0.3 is 10.2 Å². The van der Waals surface area contributed by atoms with Gasteiger partial charge in [0.05, 0.1) is 6.54 Å². The largest absolute Gasteiger partial charge is 0.362 e. The maximum absolute atomic E-state index is 12.0. The lowest BCUT2D eigenvalue weighted by atomic mass is 10.1. The van der Waals surface area contributed by atoms with E-state index in [-0.39, 0.29) is 11.7 Å². The maximum atomic E-state index is 12.0. The number of hydrogen-bond acceptors (Lipinski definition) is 3. The summed E-state index contributed by atoms with van der Waals surface area (Å²) in [5, 5.41) is 3.00. The standard InChI is InChI=1S/C15H18N2O2/c18-14-6-3-9-17(10-15(19)16-11-7-8-11)13-5-2-1-4-12(13)14/h1-2,4-5,11H,3,6-10H2,(H,16,19). The molecule has 100 valence electrons. The number of rotatable bonds is 3. The van der Waals surface area contributed by atoms with Crippen LogP contribution in [0.1, 0.15) is 36.0 Å². The average Bonchev–Trinajstić information content (AvgIpc) is 3.21. The zero-order valence-corrected chi connectivity index (χ0v) is 10.9. The summed E-state index contributed by atoms with van der Waals surface area (Å²) in [6.07, 6.45) is 3.57. The smallest absolute Gasteiger partial charge is 0.239 e. The third-order valence-electron chi connectivity index (χ3n) is 3.65. The summed E-state index contributed by atoms with van der Waals surface area (Å²) < 4.78 is 0. The molecule has 3 rings (SSSR count). The van der Waals surface area contributed by atoms with Crippen molar-refractivity contribution in [3.8, 4) is 0 Å². The number of anilines is 1. The van der Waals surface area contributed by atoms with E-state index in [2.05, 4.69) is 5.32 Å². The molecule has 0 bridgehead atoms. The zero-order valence-electron chi connectivity index (χ0n) is 10.9. The Balaban J connectivity index is 1.78. The Morgan fingerprint density at radius 1 is 1.32 bits per heavy atom. The van der Waals surface area contributed by atoms with Gasteiger partial charge in [-0.2, -0.15) is 0 Å². The van der Waals surface area contributed by atoms with E-state index < -0.39 is 0 Å². The molecule has 0 spiro atoms. The van der Waals surface area contributed by atoms with Gasteiger partial charge in [-0.05, 0) is 31.4 Å². The summed E-state index contributed by atoms with van der Waals surface area (Å²) in [6.45, 7) is 1.11. The molecule has 19 heavy (non-hydrogen) atoms. The number of carbonyl (C=O) groups is 2. The summed E-state index contributed by atoms with van der Waals surface area (Å²) in [7, 11) is 0. The topological polar surface area (TPSA) is 49.4 Å². The lowest BCUT2D eigenvalue weighted by Crippen LogP contribution is -2.38. The van der Waals surface area contributed by atoms with Gasteiger partial charge in [-0.15, -0.1) is 0 Å². The molecule has 0 unspecified atom stereocenters. The molecule has 2 aliphatic rings. The van der Waals surface area contributed by atoms with Crippen molar-refractivity contribution in [2.24, 2.45) is 0 Å². The molecular formula is C15H18N2O2. The van der Waals surface area contributed by atoms with E-state index in [0.717, 1.165) is 37.1 Å².